The highest BCUT2D eigenvalue weighted by Crippen LogP contribution is 2.58. The molecule has 0 heterocycles. The number of rotatable bonds is 6. The fourth-order valence-electron chi connectivity index (χ4n) is 6.53. The van der Waals surface area contributed by atoms with E-state index in [1.54, 1.807) is 31.4 Å². The van der Waals surface area contributed by atoms with Gasteiger partial charge in [0.1, 0.15) is 5.75 Å². The SMILES string of the molecule is COC(=O)[C@]1(C)CCC[C@]2(C)c3cc(N=CC(=O)c4ccc(OC)cc4)c(C(C)C)cc3CC[C@@H]12. The van der Waals surface area contributed by atoms with Gasteiger partial charge in [0.15, 0.2) is 0 Å². The van der Waals surface area contributed by atoms with Gasteiger partial charge in [-0.15, -0.1) is 0 Å². The zero-order valence-electron chi connectivity index (χ0n) is 21.8. The molecule has 5 nitrogen and oxygen atoms in total. The largest absolute Gasteiger partial charge is 0.497 e. The van der Waals surface area contributed by atoms with Crippen LogP contribution < -0.4 is 4.74 Å². The highest BCUT2D eigenvalue weighted by Gasteiger charge is 2.55. The van der Waals surface area contributed by atoms with Crippen LogP contribution in [0.4, 0.5) is 5.69 Å². The van der Waals surface area contributed by atoms with Crippen molar-refractivity contribution in [2.24, 2.45) is 16.3 Å². The van der Waals surface area contributed by atoms with E-state index in [2.05, 4.69) is 39.8 Å². The predicted octanol–water partition coefficient (Wildman–Crippen LogP) is 6.59. The predicted molar refractivity (Wildman–Crippen MR) is 139 cm³/mol. The molecule has 186 valence electrons. The van der Waals surface area contributed by atoms with Crippen molar-refractivity contribution in [3.63, 3.8) is 0 Å². The van der Waals surface area contributed by atoms with E-state index in [0.717, 1.165) is 43.4 Å². The van der Waals surface area contributed by atoms with Crippen LogP contribution >= 0.6 is 0 Å². The molecule has 1 saturated carbocycles. The van der Waals surface area contributed by atoms with Crippen LogP contribution in [0.3, 0.4) is 0 Å². The summed E-state index contributed by atoms with van der Waals surface area (Å²) in [6, 6.07) is 11.5. The number of ether oxygens (including phenoxy) is 2. The number of carbonyl (C=O) groups is 2. The van der Waals surface area contributed by atoms with Gasteiger partial charge in [0.2, 0.25) is 5.78 Å². The lowest BCUT2D eigenvalue weighted by atomic mass is 9.49. The maximum absolute atomic E-state index is 12.9. The molecule has 0 spiro atoms. The molecular weight excluding hydrogens is 438 g/mol. The van der Waals surface area contributed by atoms with Gasteiger partial charge in [-0.1, -0.05) is 33.3 Å². The lowest BCUT2D eigenvalue weighted by Gasteiger charge is -2.54. The summed E-state index contributed by atoms with van der Waals surface area (Å²) < 4.78 is 10.5. The average molecular weight is 476 g/mol. The van der Waals surface area contributed by atoms with Crippen molar-refractivity contribution in [1.82, 2.24) is 0 Å². The summed E-state index contributed by atoms with van der Waals surface area (Å²) in [6.07, 6.45) is 6.23. The molecule has 2 aromatic carbocycles. The highest BCUT2D eigenvalue weighted by molar-refractivity contribution is 6.35. The van der Waals surface area contributed by atoms with E-state index in [9.17, 15) is 9.59 Å². The number of nitrogens with zero attached hydrogens (tertiary/aromatic N) is 1. The fraction of sp³-hybridized carbons (Fsp3) is 0.500. The quantitative estimate of drug-likeness (QED) is 0.269. The number of Topliss-reactive ketones (excluding diaryl/α,β-unsaturated/α-hetero) is 1. The number of benzene rings is 2. The van der Waals surface area contributed by atoms with Gasteiger partial charge >= 0.3 is 5.97 Å². The third-order valence-electron chi connectivity index (χ3n) is 8.47. The maximum atomic E-state index is 12.9. The van der Waals surface area contributed by atoms with Gasteiger partial charge < -0.3 is 9.47 Å². The fourth-order valence-corrected chi connectivity index (χ4v) is 6.53. The van der Waals surface area contributed by atoms with Gasteiger partial charge in [-0.2, -0.15) is 0 Å². The van der Waals surface area contributed by atoms with Crippen LogP contribution in [-0.4, -0.2) is 32.2 Å². The molecule has 3 atom stereocenters. The van der Waals surface area contributed by atoms with Crippen LogP contribution in [0.2, 0.25) is 0 Å². The Labute approximate surface area is 208 Å². The van der Waals surface area contributed by atoms with Gasteiger partial charge in [0.25, 0.3) is 0 Å². The van der Waals surface area contributed by atoms with Crippen molar-refractivity contribution in [3.05, 3.63) is 58.7 Å². The van der Waals surface area contributed by atoms with Gasteiger partial charge in [0, 0.05) is 5.56 Å². The van der Waals surface area contributed by atoms with E-state index < -0.39 is 5.41 Å². The zero-order chi connectivity index (χ0) is 25.4. The van der Waals surface area contributed by atoms with Gasteiger partial charge in [-0.3, -0.25) is 14.6 Å². The summed E-state index contributed by atoms with van der Waals surface area (Å²) in [4.78, 5) is 30.4. The Morgan fingerprint density at radius 3 is 2.43 bits per heavy atom. The van der Waals surface area contributed by atoms with E-state index in [1.807, 2.05) is 0 Å². The molecule has 4 rings (SSSR count). The number of ketones is 1. The van der Waals surface area contributed by atoms with E-state index in [0.29, 0.717) is 11.3 Å². The molecule has 0 aliphatic heterocycles. The molecule has 0 radical (unpaired) electrons. The molecule has 0 aromatic heterocycles. The molecule has 0 saturated heterocycles. The number of aryl methyl sites for hydroxylation is 1. The minimum atomic E-state index is -0.482. The minimum absolute atomic E-state index is 0.0981. The van der Waals surface area contributed by atoms with Crippen LogP contribution in [0, 0.1) is 11.3 Å². The van der Waals surface area contributed by atoms with Crippen molar-refractivity contribution < 1.29 is 19.1 Å². The second-order valence-electron chi connectivity index (χ2n) is 10.8. The minimum Gasteiger partial charge on any atom is -0.497 e. The second-order valence-corrected chi connectivity index (χ2v) is 10.8. The first-order chi connectivity index (χ1) is 16.6. The van der Waals surface area contributed by atoms with Crippen molar-refractivity contribution in [2.75, 3.05) is 14.2 Å². The Kier molecular flexibility index (Phi) is 6.90. The molecule has 5 heteroatoms. The van der Waals surface area contributed by atoms with E-state index in [1.165, 1.54) is 24.5 Å². The topological polar surface area (TPSA) is 65.0 Å². The van der Waals surface area contributed by atoms with Crippen LogP contribution in [0.5, 0.6) is 5.75 Å². The number of methoxy groups -OCH3 is 2. The van der Waals surface area contributed by atoms with Gasteiger partial charge in [-0.05, 0) is 96.9 Å². The molecule has 0 bridgehead atoms. The summed E-state index contributed by atoms with van der Waals surface area (Å²) in [5.41, 5.74) is 4.58. The maximum Gasteiger partial charge on any atom is 0.311 e. The van der Waals surface area contributed by atoms with E-state index >= 15 is 0 Å². The van der Waals surface area contributed by atoms with Crippen molar-refractivity contribution in [3.8, 4) is 5.75 Å². The van der Waals surface area contributed by atoms with E-state index in [-0.39, 0.29) is 29.0 Å². The number of fused-ring (bicyclic) bond motifs is 3. The third kappa shape index (κ3) is 4.41. The Balaban J connectivity index is 1.73. The first-order valence-corrected chi connectivity index (χ1v) is 12.6. The Morgan fingerprint density at radius 1 is 1.09 bits per heavy atom. The van der Waals surface area contributed by atoms with E-state index in [4.69, 9.17) is 14.5 Å². The van der Waals surface area contributed by atoms with Crippen LogP contribution in [-0.2, 0) is 21.4 Å². The van der Waals surface area contributed by atoms with Crippen molar-refractivity contribution >= 4 is 23.7 Å². The molecule has 0 unspecified atom stereocenters. The lowest BCUT2D eigenvalue weighted by Crippen LogP contribution is -2.52. The molecule has 1 fully saturated rings. The first kappa shape index (κ1) is 25.2. The molecule has 0 N–H and O–H groups in total. The number of hydrogen-bond acceptors (Lipinski definition) is 5. The highest BCUT2D eigenvalue weighted by atomic mass is 16.5. The standard InChI is InChI=1S/C30H37NO4/c1-19(2)23-16-21-10-13-27-29(3,14-7-15-30(27,4)28(33)35-6)24(21)17-25(23)31-18-26(32)20-8-11-22(34-5)12-9-20/h8-9,11-12,16-19,27H,7,10,13-15H2,1-6H3/t27-,29-,30-/m1/s1. The summed E-state index contributed by atoms with van der Waals surface area (Å²) in [5.74, 6) is 0.968. The summed E-state index contributed by atoms with van der Waals surface area (Å²) >= 11 is 0. The number of hydrogen-bond donors (Lipinski definition) is 0. The normalized spacial score (nSPS) is 25.7. The van der Waals surface area contributed by atoms with Crippen LogP contribution in [0.25, 0.3) is 0 Å². The average Bonchev–Trinajstić information content (AvgIpc) is 2.86. The monoisotopic (exact) mass is 475 g/mol. The van der Waals surface area contributed by atoms with Crippen LogP contribution in [0.1, 0.15) is 86.3 Å². The molecule has 2 aliphatic carbocycles. The number of carbonyl (C=O) groups excluding carboxylic acids is 2. The van der Waals surface area contributed by atoms with Crippen molar-refractivity contribution in [1.29, 1.82) is 0 Å². The summed E-state index contributed by atoms with van der Waals surface area (Å²) in [6.45, 7) is 8.71. The third-order valence-corrected chi connectivity index (χ3v) is 8.47. The molecular formula is C30H37NO4. The van der Waals surface area contributed by atoms with Gasteiger partial charge in [0.05, 0.1) is 31.5 Å². The molecule has 2 aliphatic rings. The Morgan fingerprint density at radius 2 is 1.80 bits per heavy atom. The first-order valence-electron chi connectivity index (χ1n) is 12.6. The van der Waals surface area contributed by atoms with Gasteiger partial charge in [-0.25, -0.2) is 0 Å². The van der Waals surface area contributed by atoms with Crippen LogP contribution in [0.15, 0.2) is 41.4 Å². The lowest BCUT2D eigenvalue weighted by molar-refractivity contribution is -0.161. The summed E-state index contributed by atoms with van der Waals surface area (Å²) in [7, 11) is 3.10. The smallest absolute Gasteiger partial charge is 0.311 e. The number of esters is 1. The van der Waals surface area contributed by atoms with Crippen molar-refractivity contribution in [2.45, 2.75) is 71.1 Å². The Hall–Kier alpha value is -2.95. The number of aliphatic imine (C=N–C) groups is 1. The Bertz CT molecular complexity index is 1150. The molecule has 2 aromatic rings. The molecule has 35 heavy (non-hydrogen) atoms. The summed E-state index contributed by atoms with van der Waals surface area (Å²) in [5, 5.41) is 0. The zero-order valence-corrected chi connectivity index (χ0v) is 21.8. The molecule has 0 amide bonds. The second kappa shape index (κ2) is 9.60.